The summed E-state index contributed by atoms with van der Waals surface area (Å²) in [5.74, 6) is 0.805. The van der Waals surface area contributed by atoms with Crippen LogP contribution in [0.4, 0.5) is 0 Å². The number of ether oxygens (including phenoxy) is 1. The smallest absolute Gasteiger partial charge is 0.225 e. The average Bonchev–Trinajstić information content (AvgIpc) is 3.22. The van der Waals surface area contributed by atoms with E-state index in [4.69, 9.17) is 4.74 Å². The van der Waals surface area contributed by atoms with Gasteiger partial charge in [0.1, 0.15) is 0 Å². The van der Waals surface area contributed by atoms with E-state index in [1.54, 1.807) is 11.3 Å². The summed E-state index contributed by atoms with van der Waals surface area (Å²) < 4.78 is 5.68. The Morgan fingerprint density at radius 3 is 3.05 bits per heavy atom. The molecule has 2 aliphatic rings. The van der Waals surface area contributed by atoms with Crippen molar-refractivity contribution in [2.75, 3.05) is 26.3 Å². The highest BCUT2D eigenvalue weighted by Crippen LogP contribution is 2.35. The summed E-state index contributed by atoms with van der Waals surface area (Å²) >= 11 is 1.68. The number of rotatable bonds is 4. The zero-order valence-corrected chi connectivity index (χ0v) is 13.9. The van der Waals surface area contributed by atoms with E-state index in [-0.39, 0.29) is 36.4 Å². The van der Waals surface area contributed by atoms with Crippen LogP contribution in [-0.4, -0.2) is 48.3 Å². The molecule has 5 heteroatoms. The van der Waals surface area contributed by atoms with E-state index in [9.17, 15) is 9.90 Å². The van der Waals surface area contributed by atoms with E-state index in [0.29, 0.717) is 13.2 Å². The van der Waals surface area contributed by atoms with Crippen molar-refractivity contribution in [1.29, 1.82) is 0 Å². The molecule has 0 unspecified atom stereocenters. The predicted molar refractivity (Wildman–Crippen MR) is 87.0 cm³/mol. The van der Waals surface area contributed by atoms with Crippen molar-refractivity contribution in [2.24, 2.45) is 11.8 Å². The van der Waals surface area contributed by atoms with Gasteiger partial charge in [0.2, 0.25) is 5.91 Å². The van der Waals surface area contributed by atoms with Crippen LogP contribution in [0, 0.1) is 11.8 Å². The second-order valence-electron chi connectivity index (χ2n) is 6.47. The topological polar surface area (TPSA) is 49.8 Å². The molecular weight excluding hydrogens is 298 g/mol. The second kappa shape index (κ2) is 7.11. The van der Waals surface area contributed by atoms with Crippen LogP contribution in [-0.2, 0) is 9.53 Å². The van der Waals surface area contributed by atoms with Crippen molar-refractivity contribution >= 4 is 17.2 Å². The van der Waals surface area contributed by atoms with Gasteiger partial charge in [-0.05, 0) is 41.7 Å². The largest absolute Gasteiger partial charge is 0.396 e. The van der Waals surface area contributed by atoms with Gasteiger partial charge in [-0.3, -0.25) is 4.79 Å². The minimum absolute atomic E-state index is 0.0965. The van der Waals surface area contributed by atoms with Crippen molar-refractivity contribution < 1.29 is 14.6 Å². The summed E-state index contributed by atoms with van der Waals surface area (Å²) in [6.07, 6.45) is 2.88. The van der Waals surface area contributed by atoms with Crippen LogP contribution < -0.4 is 0 Å². The summed E-state index contributed by atoms with van der Waals surface area (Å²) in [7, 11) is 0. The highest BCUT2D eigenvalue weighted by atomic mass is 32.1. The molecule has 2 saturated heterocycles. The Kier molecular flexibility index (Phi) is 5.16. The van der Waals surface area contributed by atoms with Gasteiger partial charge < -0.3 is 14.7 Å². The van der Waals surface area contributed by atoms with E-state index in [2.05, 4.69) is 23.8 Å². The minimum Gasteiger partial charge on any atom is -0.396 e. The molecule has 3 rings (SSSR count). The number of likely N-dealkylation sites (tertiary alicyclic amines) is 1. The molecule has 1 amide bonds. The van der Waals surface area contributed by atoms with Crippen molar-refractivity contribution in [2.45, 2.75) is 38.2 Å². The lowest BCUT2D eigenvalue weighted by molar-refractivity contribution is -0.139. The van der Waals surface area contributed by atoms with Crippen LogP contribution in [0.1, 0.15) is 37.7 Å². The van der Waals surface area contributed by atoms with Crippen LogP contribution in [0.15, 0.2) is 16.8 Å². The molecule has 0 spiro atoms. The summed E-state index contributed by atoms with van der Waals surface area (Å²) in [4.78, 5) is 14.8. The van der Waals surface area contributed by atoms with E-state index in [0.717, 1.165) is 25.8 Å². The monoisotopic (exact) mass is 323 g/mol. The Bertz CT molecular complexity index is 490. The number of hydrogen-bond donors (Lipinski definition) is 1. The lowest BCUT2D eigenvalue weighted by Crippen LogP contribution is -2.39. The number of aliphatic hydroxyl groups is 1. The highest BCUT2D eigenvalue weighted by molar-refractivity contribution is 7.08. The highest BCUT2D eigenvalue weighted by Gasteiger charge is 2.39. The molecule has 0 aromatic carbocycles. The first-order valence-electron chi connectivity index (χ1n) is 8.26. The molecule has 1 aromatic rings. The quantitative estimate of drug-likeness (QED) is 0.926. The van der Waals surface area contributed by atoms with Gasteiger partial charge in [0, 0.05) is 44.1 Å². The molecule has 4 nitrogen and oxygen atoms in total. The number of hydrogen-bond acceptors (Lipinski definition) is 4. The van der Waals surface area contributed by atoms with Gasteiger partial charge in [-0.2, -0.15) is 11.3 Å². The maximum Gasteiger partial charge on any atom is 0.225 e. The molecule has 1 N–H and O–H groups in total. The Hall–Kier alpha value is -0.910. The Morgan fingerprint density at radius 2 is 2.36 bits per heavy atom. The third kappa shape index (κ3) is 3.21. The van der Waals surface area contributed by atoms with Crippen LogP contribution >= 0.6 is 11.3 Å². The normalized spacial score (nSPS) is 32.4. The maximum absolute atomic E-state index is 12.8. The van der Waals surface area contributed by atoms with Crippen molar-refractivity contribution in [1.82, 2.24) is 4.90 Å². The van der Waals surface area contributed by atoms with Crippen molar-refractivity contribution in [3.8, 4) is 0 Å². The number of amides is 1. The fourth-order valence-electron chi connectivity index (χ4n) is 3.75. The first kappa shape index (κ1) is 16.0. The molecule has 2 fully saturated rings. The number of carbonyl (C=O) groups excluding carboxylic acids is 1. The van der Waals surface area contributed by atoms with E-state index < -0.39 is 0 Å². The first-order chi connectivity index (χ1) is 10.7. The fourth-order valence-corrected chi connectivity index (χ4v) is 4.47. The van der Waals surface area contributed by atoms with Gasteiger partial charge in [0.25, 0.3) is 0 Å². The zero-order chi connectivity index (χ0) is 15.5. The third-order valence-corrected chi connectivity index (χ3v) is 5.83. The Labute approximate surface area is 136 Å². The second-order valence-corrected chi connectivity index (χ2v) is 7.25. The first-order valence-corrected chi connectivity index (χ1v) is 9.20. The lowest BCUT2D eigenvalue weighted by Gasteiger charge is -2.31. The minimum atomic E-state index is 0.0965. The zero-order valence-electron chi connectivity index (χ0n) is 13.1. The number of aliphatic hydroxyl groups excluding tert-OH is 1. The Morgan fingerprint density at radius 1 is 1.50 bits per heavy atom. The number of nitrogens with zero attached hydrogens (tertiary/aromatic N) is 1. The summed E-state index contributed by atoms with van der Waals surface area (Å²) in [6.45, 7) is 4.39. The molecule has 2 aliphatic heterocycles. The van der Waals surface area contributed by atoms with Crippen LogP contribution in [0.3, 0.4) is 0 Å². The molecule has 0 aliphatic carbocycles. The summed E-state index contributed by atoms with van der Waals surface area (Å²) in [6, 6.07) is 2.12. The standard InChI is InChI=1S/C17H25NO3S/c1-2-15-7-12(3-5-21-15)17(20)18-8-14(10-19)16(9-18)13-4-6-22-11-13/h4,6,11-12,14-16,19H,2-3,5,7-10H2,1H3/t12-,14+,15+,16+/m1/s1. The lowest BCUT2D eigenvalue weighted by atomic mass is 9.91. The van der Waals surface area contributed by atoms with Crippen LogP contribution in [0.5, 0.6) is 0 Å². The average molecular weight is 323 g/mol. The maximum atomic E-state index is 12.8. The van der Waals surface area contributed by atoms with Crippen molar-refractivity contribution in [3.05, 3.63) is 22.4 Å². The van der Waals surface area contributed by atoms with Crippen LogP contribution in [0.2, 0.25) is 0 Å². The number of carbonyl (C=O) groups is 1. The molecule has 3 heterocycles. The van der Waals surface area contributed by atoms with E-state index in [1.165, 1.54) is 5.56 Å². The summed E-state index contributed by atoms with van der Waals surface area (Å²) in [5.41, 5.74) is 1.26. The van der Waals surface area contributed by atoms with Gasteiger partial charge >= 0.3 is 0 Å². The molecular formula is C17H25NO3S. The molecule has 122 valence electrons. The molecule has 0 radical (unpaired) electrons. The van der Waals surface area contributed by atoms with Gasteiger partial charge in [-0.15, -0.1) is 0 Å². The van der Waals surface area contributed by atoms with Gasteiger partial charge in [0.05, 0.1) is 6.10 Å². The van der Waals surface area contributed by atoms with Gasteiger partial charge in [-0.25, -0.2) is 0 Å². The van der Waals surface area contributed by atoms with Gasteiger partial charge in [-0.1, -0.05) is 6.92 Å². The molecule has 4 atom stereocenters. The molecule has 0 saturated carbocycles. The fraction of sp³-hybridized carbons (Fsp3) is 0.706. The third-order valence-electron chi connectivity index (χ3n) is 5.13. The summed E-state index contributed by atoms with van der Waals surface area (Å²) in [5, 5.41) is 13.9. The molecule has 22 heavy (non-hydrogen) atoms. The molecule has 1 aromatic heterocycles. The Balaban J connectivity index is 1.66. The van der Waals surface area contributed by atoms with E-state index in [1.807, 2.05) is 4.90 Å². The van der Waals surface area contributed by atoms with Crippen molar-refractivity contribution in [3.63, 3.8) is 0 Å². The van der Waals surface area contributed by atoms with Gasteiger partial charge in [0.15, 0.2) is 0 Å². The number of thiophene rings is 1. The van der Waals surface area contributed by atoms with E-state index >= 15 is 0 Å². The molecule has 0 bridgehead atoms. The van der Waals surface area contributed by atoms with Crippen LogP contribution in [0.25, 0.3) is 0 Å². The predicted octanol–water partition coefficient (Wildman–Crippen LogP) is 2.49. The SMILES string of the molecule is CC[C@H]1C[C@H](C(=O)N2C[C@@H](CO)[C@H](c3ccsc3)C2)CCO1.